The fourth-order valence-corrected chi connectivity index (χ4v) is 3.39. The monoisotopic (exact) mass is 526 g/mol. The molecule has 0 radical (unpaired) electrons. The van der Waals surface area contributed by atoms with Crippen LogP contribution in [0.3, 0.4) is 0 Å². The zero-order chi connectivity index (χ0) is 20.5. The minimum atomic E-state index is -0.169. The van der Waals surface area contributed by atoms with Crippen molar-refractivity contribution < 1.29 is 13.9 Å². The Hall–Kier alpha value is -2.23. The van der Waals surface area contributed by atoms with Crippen molar-refractivity contribution in [2.24, 2.45) is 4.99 Å². The number of carbonyl (C=O) groups is 1. The molecule has 1 fully saturated rings. The van der Waals surface area contributed by atoms with Gasteiger partial charge in [0.25, 0.3) is 5.91 Å². The van der Waals surface area contributed by atoms with Gasteiger partial charge >= 0.3 is 0 Å². The Morgan fingerprint density at radius 1 is 1.17 bits per heavy atom. The van der Waals surface area contributed by atoms with Gasteiger partial charge in [-0.25, -0.2) is 0 Å². The number of amides is 1. The van der Waals surface area contributed by atoms with Crippen LogP contribution in [0.25, 0.3) is 0 Å². The van der Waals surface area contributed by atoms with Gasteiger partial charge in [-0.2, -0.15) is 0 Å². The van der Waals surface area contributed by atoms with Gasteiger partial charge < -0.3 is 24.7 Å². The number of nitrogens with zero attached hydrogens (tertiary/aromatic N) is 2. The zero-order valence-corrected chi connectivity index (χ0v) is 19.9. The Kier molecular flexibility index (Phi) is 9.99. The van der Waals surface area contributed by atoms with Gasteiger partial charge in [0.2, 0.25) is 0 Å². The number of furan rings is 1. The van der Waals surface area contributed by atoms with E-state index >= 15 is 0 Å². The molecular formula is C22H31IN4O3. The third kappa shape index (κ3) is 6.93. The molecule has 1 aromatic heterocycles. The van der Waals surface area contributed by atoms with E-state index in [0.29, 0.717) is 12.3 Å². The highest BCUT2D eigenvalue weighted by atomic mass is 127. The van der Waals surface area contributed by atoms with Crippen LogP contribution in [0, 0.1) is 6.92 Å². The molecule has 0 spiro atoms. The van der Waals surface area contributed by atoms with E-state index in [9.17, 15) is 4.79 Å². The van der Waals surface area contributed by atoms with Gasteiger partial charge in [-0.3, -0.25) is 9.79 Å². The van der Waals surface area contributed by atoms with Crippen molar-refractivity contribution >= 4 is 35.8 Å². The first-order valence-corrected chi connectivity index (χ1v) is 10.2. The molecule has 1 aliphatic heterocycles. The van der Waals surface area contributed by atoms with Crippen LogP contribution in [-0.2, 0) is 0 Å². The van der Waals surface area contributed by atoms with Crippen LogP contribution in [0.4, 0.5) is 0 Å². The van der Waals surface area contributed by atoms with Crippen molar-refractivity contribution in [2.45, 2.75) is 32.3 Å². The Balaban J connectivity index is 0.00000320. The van der Waals surface area contributed by atoms with Crippen LogP contribution in [-0.4, -0.2) is 56.1 Å². The minimum absolute atomic E-state index is 0. The quantitative estimate of drug-likeness (QED) is 0.250. The van der Waals surface area contributed by atoms with Gasteiger partial charge in [0.15, 0.2) is 11.7 Å². The number of likely N-dealkylation sites (tertiary alicyclic amines) is 1. The standard InChI is InChI=1S/C22H30N4O3.HI/c1-17-11-16-28-20(17)21(27)24-12-6-13-25-22(23-2)26-14-9-19(10-15-26)29-18-7-4-3-5-8-18;/h3-5,7-8,11,16,19H,6,9-10,12-15H2,1-2H3,(H,23,25)(H,24,27);1H. The molecule has 1 saturated heterocycles. The SMILES string of the molecule is CN=C(NCCCNC(=O)c1occc1C)N1CCC(Oc2ccccc2)CC1.I. The fraction of sp³-hybridized carbons (Fsp3) is 0.455. The lowest BCUT2D eigenvalue weighted by Crippen LogP contribution is -2.47. The van der Waals surface area contributed by atoms with E-state index in [0.717, 1.165) is 56.2 Å². The number of nitrogens with one attached hydrogen (secondary N) is 2. The summed E-state index contributed by atoms with van der Waals surface area (Å²) >= 11 is 0. The number of guanidine groups is 1. The maximum absolute atomic E-state index is 12.0. The molecular weight excluding hydrogens is 495 g/mol. The first-order valence-electron chi connectivity index (χ1n) is 10.2. The number of ether oxygens (including phenoxy) is 1. The molecule has 0 aliphatic carbocycles. The van der Waals surface area contributed by atoms with E-state index in [1.807, 2.05) is 37.3 Å². The molecule has 1 aliphatic rings. The third-order valence-electron chi connectivity index (χ3n) is 4.99. The summed E-state index contributed by atoms with van der Waals surface area (Å²) in [5.41, 5.74) is 0.848. The Bertz CT molecular complexity index is 802. The number of hydrogen-bond acceptors (Lipinski definition) is 4. The topological polar surface area (TPSA) is 79.1 Å². The van der Waals surface area contributed by atoms with Crippen molar-refractivity contribution in [1.82, 2.24) is 15.5 Å². The molecule has 2 heterocycles. The first kappa shape index (κ1) is 24.0. The summed E-state index contributed by atoms with van der Waals surface area (Å²) in [6, 6.07) is 11.8. The summed E-state index contributed by atoms with van der Waals surface area (Å²) < 4.78 is 11.3. The van der Waals surface area contributed by atoms with Crippen molar-refractivity contribution in [3.05, 3.63) is 54.0 Å². The number of halogens is 1. The summed E-state index contributed by atoms with van der Waals surface area (Å²) in [7, 11) is 1.80. The summed E-state index contributed by atoms with van der Waals surface area (Å²) in [5, 5.41) is 6.27. The molecule has 30 heavy (non-hydrogen) atoms. The van der Waals surface area contributed by atoms with Crippen LogP contribution in [0.1, 0.15) is 35.4 Å². The number of carbonyl (C=O) groups excluding carboxylic acids is 1. The number of aliphatic imine (C=N–C) groups is 1. The average Bonchev–Trinajstić information content (AvgIpc) is 3.18. The summed E-state index contributed by atoms with van der Waals surface area (Å²) in [5.74, 6) is 2.04. The Morgan fingerprint density at radius 2 is 1.87 bits per heavy atom. The summed E-state index contributed by atoms with van der Waals surface area (Å²) in [6.45, 7) is 5.00. The molecule has 1 amide bonds. The number of aryl methyl sites for hydroxylation is 1. The largest absolute Gasteiger partial charge is 0.490 e. The highest BCUT2D eigenvalue weighted by Gasteiger charge is 2.22. The maximum Gasteiger partial charge on any atom is 0.287 e. The average molecular weight is 526 g/mol. The second-order valence-corrected chi connectivity index (χ2v) is 7.13. The van der Waals surface area contributed by atoms with E-state index in [2.05, 4.69) is 20.5 Å². The lowest BCUT2D eigenvalue weighted by molar-refractivity contribution is 0.0925. The van der Waals surface area contributed by atoms with Crippen LogP contribution in [0.15, 0.2) is 52.1 Å². The molecule has 1 aromatic carbocycles. The molecule has 2 aromatic rings. The van der Waals surface area contributed by atoms with Crippen LogP contribution >= 0.6 is 24.0 Å². The van der Waals surface area contributed by atoms with Gasteiger partial charge in [-0.1, -0.05) is 18.2 Å². The molecule has 3 rings (SSSR count). The molecule has 164 valence electrons. The van der Waals surface area contributed by atoms with Gasteiger partial charge in [0.1, 0.15) is 11.9 Å². The molecule has 7 nitrogen and oxygen atoms in total. The molecule has 0 saturated carbocycles. The predicted molar refractivity (Wildman–Crippen MR) is 129 cm³/mol. The van der Waals surface area contributed by atoms with Gasteiger partial charge in [0, 0.05) is 51.6 Å². The second-order valence-electron chi connectivity index (χ2n) is 7.13. The van der Waals surface area contributed by atoms with Gasteiger partial charge in [-0.05, 0) is 31.5 Å². The van der Waals surface area contributed by atoms with Crippen LogP contribution < -0.4 is 15.4 Å². The fourth-order valence-electron chi connectivity index (χ4n) is 3.39. The van der Waals surface area contributed by atoms with E-state index < -0.39 is 0 Å². The molecule has 2 N–H and O–H groups in total. The number of rotatable bonds is 7. The molecule has 8 heteroatoms. The predicted octanol–water partition coefficient (Wildman–Crippen LogP) is 3.44. The lowest BCUT2D eigenvalue weighted by atomic mass is 10.1. The minimum Gasteiger partial charge on any atom is -0.490 e. The second kappa shape index (κ2) is 12.5. The van der Waals surface area contributed by atoms with Gasteiger partial charge in [0.05, 0.1) is 6.26 Å². The smallest absolute Gasteiger partial charge is 0.287 e. The number of piperidine rings is 1. The summed E-state index contributed by atoms with van der Waals surface area (Å²) in [6.07, 6.45) is 4.51. The molecule has 0 bridgehead atoms. The van der Waals surface area contributed by atoms with Crippen molar-refractivity contribution in [2.75, 3.05) is 33.2 Å². The van der Waals surface area contributed by atoms with Crippen molar-refractivity contribution in [3.8, 4) is 5.75 Å². The first-order chi connectivity index (χ1) is 14.2. The van der Waals surface area contributed by atoms with E-state index in [-0.39, 0.29) is 36.0 Å². The third-order valence-corrected chi connectivity index (χ3v) is 4.99. The zero-order valence-electron chi connectivity index (χ0n) is 17.6. The number of hydrogen-bond donors (Lipinski definition) is 2. The maximum atomic E-state index is 12.0. The summed E-state index contributed by atoms with van der Waals surface area (Å²) in [4.78, 5) is 18.7. The van der Waals surface area contributed by atoms with E-state index in [1.165, 1.54) is 6.26 Å². The van der Waals surface area contributed by atoms with Crippen LogP contribution in [0.2, 0.25) is 0 Å². The number of benzene rings is 1. The molecule has 0 atom stereocenters. The van der Waals surface area contributed by atoms with Crippen LogP contribution in [0.5, 0.6) is 5.75 Å². The highest BCUT2D eigenvalue weighted by molar-refractivity contribution is 14.0. The Labute approximate surface area is 195 Å². The Morgan fingerprint density at radius 3 is 2.50 bits per heavy atom. The van der Waals surface area contributed by atoms with Crippen molar-refractivity contribution in [1.29, 1.82) is 0 Å². The van der Waals surface area contributed by atoms with Crippen molar-refractivity contribution in [3.63, 3.8) is 0 Å². The number of para-hydroxylation sites is 1. The normalized spacial score (nSPS) is 14.7. The lowest BCUT2D eigenvalue weighted by Gasteiger charge is -2.34. The van der Waals surface area contributed by atoms with Gasteiger partial charge in [-0.15, -0.1) is 24.0 Å². The molecule has 0 unspecified atom stereocenters. The highest BCUT2D eigenvalue weighted by Crippen LogP contribution is 2.18. The van der Waals surface area contributed by atoms with E-state index in [4.69, 9.17) is 9.15 Å². The van der Waals surface area contributed by atoms with E-state index in [1.54, 1.807) is 13.1 Å².